The van der Waals surface area contributed by atoms with Crippen molar-refractivity contribution in [3.05, 3.63) is 59.7 Å². The monoisotopic (exact) mass is 409 g/mol. The first-order chi connectivity index (χ1) is 12.5. The van der Waals surface area contributed by atoms with Crippen LogP contribution in [0, 0.1) is 5.92 Å². The van der Waals surface area contributed by atoms with E-state index in [1.807, 2.05) is 38.1 Å². The Hall–Kier alpha value is -1.70. The van der Waals surface area contributed by atoms with Crippen molar-refractivity contribution >= 4 is 19.9 Å². The quantitative estimate of drug-likeness (QED) is 0.721. The van der Waals surface area contributed by atoms with Crippen molar-refractivity contribution in [2.45, 2.75) is 49.4 Å². The summed E-state index contributed by atoms with van der Waals surface area (Å²) in [6.45, 7) is 6.04. The third kappa shape index (κ3) is 5.64. The van der Waals surface area contributed by atoms with Gasteiger partial charge in [0.15, 0.2) is 9.84 Å². The van der Waals surface area contributed by atoms with Gasteiger partial charge in [-0.15, -0.1) is 0 Å². The summed E-state index contributed by atoms with van der Waals surface area (Å²) in [6.07, 6.45) is 3.14. The largest absolute Gasteiger partial charge is 0.241 e. The number of sulfonamides is 1. The van der Waals surface area contributed by atoms with Crippen LogP contribution in [0.25, 0.3) is 0 Å². The Labute approximate surface area is 162 Å². The molecule has 0 amide bonds. The van der Waals surface area contributed by atoms with Crippen molar-refractivity contribution < 1.29 is 16.8 Å². The molecule has 5 nitrogen and oxygen atoms in total. The van der Waals surface area contributed by atoms with Crippen LogP contribution >= 0.6 is 0 Å². The summed E-state index contributed by atoms with van der Waals surface area (Å²) in [5, 5.41) is 0. The van der Waals surface area contributed by atoms with Crippen LogP contribution < -0.4 is 4.72 Å². The van der Waals surface area contributed by atoms with Gasteiger partial charge in [0.25, 0.3) is 0 Å². The molecule has 1 atom stereocenters. The van der Waals surface area contributed by atoms with E-state index in [9.17, 15) is 16.8 Å². The lowest BCUT2D eigenvalue weighted by Crippen LogP contribution is -2.31. The summed E-state index contributed by atoms with van der Waals surface area (Å²) in [6, 6.07) is 12.9. The van der Waals surface area contributed by atoms with Crippen LogP contribution in [0.15, 0.2) is 58.3 Å². The predicted octanol–water partition coefficient (Wildman–Crippen LogP) is 3.72. The molecule has 0 aromatic heterocycles. The molecule has 0 saturated heterocycles. The molecule has 0 fully saturated rings. The lowest BCUT2D eigenvalue weighted by Gasteiger charge is -2.23. The molecular weight excluding hydrogens is 382 g/mol. The van der Waals surface area contributed by atoms with Crippen LogP contribution in [0.3, 0.4) is 0 Å². The van der Waals surface area contributed by atoms with E-state index < -0.39 is 19.9 Å². The second-order valence-corrected chi connectivity index (χ2v) is 10.8. The summed E-state index contributed by atoms with van der Waals surface area (Å²) in [4.78, 5) is 0.136. The summed E-state index contributed by atoms with van der Waals surface area (Å²) in [5.41, 5.74) is 2.13. The Kier molecular flexibility index (Phi) is 6.83. The van der Waals surface area contributed by atoms with Gasteiger partial charge in [0.1, 0.15) is 0 Å². The first-order valence-electron chi connectivity index (χ1n) is 8.96. The normalized spacial score (nSPS) is 13.7. The first kappa shape index (κ1) is 21.6. The van der Waals surface area contributed by atoms with Gasteiger partial charge < -0.3 is 0 Å². The molecule has 1 N–H and O–H groups in total. The van der Waals surface area contributed by atoms with Gasteiger partial charge in [0.2, 0.25) is 10.0 Å². The van der Waals surface area contributed by atoms with E-state index >= 15 is 0 Å². The smallest absolute Gasteiger partial charge is 0.224 e. The molecule has 2 aromatic carbocycles. The van der Waals surface area contributed by atoms with E-state index in [0.717, 1.165) is 24.7 Å². The third-order valence-electron chi connectivity index (χ3n) is 4.39. The molecule has 1 unspecified atom stereocenters. The van der Waals surface area contributed by atoms with Crippen LogP contribution in [0.1, 0.15) is 44.4 Å². The summed E-state index contributed by atoms with van der Waals surface area (Å²) in [7, 11) is -7.15. The summed E-state index contributed by atoms with van der Waals surface area (Å²) in [5.74, 6) is 0.0482. The topological polar surface area (TPSA) is 80.3 Å². The fourth-order valence-corrected chi connectivity index (χ4v) is 4.87. The van der Waals surface area contributed by atoms with E-state index in [1.165, 1.54) is 29.8 Å². The minimum atomic E-state index is -3.78. The van der Waals surface area contributed by atoms with Crippen LogP contribution in [0.4, 0.5) is 0 Å². The molecule has 0 aliphatic rings. The van der Waals surface area contributed by atoms with Crippen molar-refractivity contribution in [1.29, 1.82) is 0 Å². The fraction of sp³-hybridized carbons (Fsp3) is 0.400. The second-order valence-electron chi connectivity index (χ2n) is 7.08. The van der Waals surface area contributed by atoms with E-state index in [-0.39, 0.29) is 21.8 Å². The number of hydrogen-bond acceptors (Lipinski definition) is 4. The molecule has 0 heterocycles. The molecule has 0 aliphatic carbocycles. The van der Waals surface area contributed by atoms with Gasteiger partial charge in [-0.3, -0.25) is 0 Å². The van der Waals surface area contributed by atoms with Crippen molar-refractivity contribution in [1.82, 2.24) is 4.72 Å². The average Bonchev–Trinajstić information content (AvgIpc) is 2.60. The zero-order chi connectivity index (χ0) is 20.2. The Morgan fingerprint density at radius 1 is 0.852 bits per heavy atom. The molecule has 2 aromatic rings. The van der Waals surface area contributed by atoms with E-state index in [0.29, 0.717) is 0 Å². The molecule has 0 aliphatic heterocycles. The van der Waals surface area contributed by atoms with Gasteiger partial charge in [-0.25, -0.2) is 21.6 Å². The van der Waals surface area contributed by atoms with E-state index in [4.69, 9.17) is 0 Å². The number of benzene rings is 2. The van der Waals surface area contributed by atoms with E-state index in [1.54, 1.807) is 0 Å². The lowest BCUT2D eigenvalue weighted by atomic mass is 9.95. The standard InChI is InChI=1S/C20H27NO4S2/c1-5-6-16-7-9-17(10-8-16)20(15(2)3)21-27(24,25)19-13-11-18(12-14-19)26(4,22)23/h7-15,20-21H,5-6H2,1-4H3. The second kappa shape index (κ2) is 8.54. The number of hydrogen-bond donors (Lipinski definition) is 1. The highest BCUT2D eigenvalue weighted by molar-refractivity contribution is 7.90. The Morgan fingerprint density at radius 3 is 1.81 bits per heavy atom. The predicted molar refractivity (Wildman–Crippen MR) is 108 cm³/mol. The zero-order valence-corrected chi connectivity index (χ0v) is 17.8. The molecule has 148 valence electrons. The molecule has 0 spiro atoms. The minimum absolute atomic E-state index is 0.0446. The van der Waals surface area contributed by atoms with E-state index in [2.05, 4.69) is 11.6 Å². The first-order valence-corrected chi connectivity index (χ1v) is 12.3. The molecule has 0 radical (unpaired) electrons. The number of aryl methyl sites for hydroxylation is 1. The maximum absolute atomic E-state index is 12.8. The highest BCUT2D eigenvalue weighted by Gasteiger charge is 2.24. The molecular formula is C20H27NO4S2. The summed E-state index contributed by atoms with van der Waals surface area (Å²) < 4.78 is 51.4. The van der Waals surface area contributed by atoms with Crippen LogP contribution in [-0.4, -0.2) is 23.1 Å². The number of nitrogens with one attached hydrogen (secondary N) is 1. The van der Waals surface area contributed by atoms with Gasteiger partial charge in [-0.05, 0) is 47.7 Å². The van der Waals surface area contributed by atoms with Gasteiger partial charge in [0, 0.05) is 12.3 Å². The molecule has 27 heavy (non-hydrogen) atoms. The van der Waals surface area contributed by atoms with Crippen LogP contribution in [0.5, 0.6) is 0 Å². The van der Waals surface area contributed by atoms with Crippen LogP contribution in [-0.2, 0) is 26.3 Å². The Balaban J connectivity index is 2.29. The van der Waals surface area contributed by atoms with Gasteiger partial charge in [0.05, 0.1) is 9.79 Å². The lowest BCUT2D eigenvalue weighted by molar-refractivity contribution is 0.463. The molecule has 0 bridgehead atoms. The van der Waals surface area contributed by atoms with Crippen molar-refractivity contribution in [2.75, 3.05) is 6.26 Å². The van der Waals surface area contributed by atoms with Crippen molar-refractivity contribution in [2.24, 2.45) is 5.92 Å². The van der Waals surface area contributed by atoms with Crippen molar-refractivity contribution in [3.63, 3.8) is 0 Å². The number of sulfone groups is 1. The minimum Gasteiger partial charge on any atom is -0.224 e. The molecule has 0 saturated carbocycles. The van der Waals surface area contributed by atoms with Crippen LogP contribution in [0.2, 0.25) is 0 Å². The molecule has 2 rings (SSSR count). The maximum atomic E-state index is 12.8. The molecule has 7 heteroatoms. The SMILES string of the molecule is CCCc1ccc(C(NS(=O)(=O)c2ccc(S(C)(=O)=O)cc2)C(C)C)cc1. The average molecular weight is 410 g/mol. The van der Waals surface area contributed by atoms with Gasteiger partial charge in [-0.2, -0.15) is 0 Å². The third-order valence-corrected chi connectivity index (χ3v) is 6.97. The van der Waals surface area contributed by atoms with Crippen molar-refractivity contribution in [3.8, 4) is 0 Å². The zero-order valence-electron chi connectivity index (χ0n) is 16.1. The number of rotatable bonds is 8. The highest BCUT2D eigenvalue weighted by atomic mass is 32.2. The fourth-order valence-electron chi connectivity index (χ4n) is 2.87. The summed E-state index contributed by atoms with van der Waals surface area (Å²) >= 11 is 0. The van der Waals surface area contributed by atoms with Gasteiger partial charge in [-0.1, -0.05) is 51.5 Å². The maximum Gasteiger partial charge on any atom is 0.241 e. The Morgan fingerprint density at radius 2 is 1.37 bits per heavy atom. The highest BCUT2D eigenvalue weighted by Crippen LogP contribution is 2.25. The van der Waals surface area contributed by atoms with Gasteiger partial charge >= 0.3 is 0 Å². The Bertz CT molecular complexity index is 962.